The van der Waals surface area contributed by atoms with Crippen LogP contribution in [0, 0.1) is 6.92 Å². The molecule has 1 aromatic heterocycles. The largest absolute Gasteiger partial charge is 0.349 e. The van der Waals surface area contributed by atoms with Crippen LogP contribution in [0.25, 0.3) is 0 Å². The summed E-state index contributed by atoms with van der Waals surface area (Å²) in [6.45, 7) is 1.94. The van der Waals surface area contributed by atoms with Crippen LogP contribution in [0.3, 0.4) is 0 Å². The Bertz CT molecular complexity index is 1120. The van der Waals surface area contributed by atoms with Crippen molar-refractivity contribution in [2.24, 2.45) is 0 Å². The molecule has 2 amide bonds. The van der Waals surface area contributed by atoms with E-state index in [0.29, 0.717) is 25.7 Å². The van der Waals surface area contributed by atoms with E-state index in [1.54, 1.807) is 24.3 Å². The highest BCUT2D eigenvalue weighted by atomic mass is 35.5. The topological polar surface area (TPSA) is 96.0 Å². The first-order chi connectivity index (χ1) is 15.0. The van der Waals surface area contributed by atoms with E-state index >= 15 is 0 Å². The number of rotatable bonds is 8. The summed E-state index contributed by atoms with van der Waals surface area (Å²) in [5, 5.41) is 18.4. The Kier molecular flexibility index (Phi) is 6.74. The fourth-order valence-electron chi connectivity index (χ4n) is 2.67. The van der Waals surface area contributed by atoms with E-state index in [2.05, 4.69) is 26.1 Å². The van der Waals surface area contributed by atoms with Crippen molar-refractivity contribution in [1.82, 2.24) is 15.5 Å². The Morgan fingerprint density at radius 3 is 2.77 bits per heavy atom. The second-order valence-corrected chi connectivity index (χ2v) is 9.73. The molecule has 7 nitrogen and oxygen atoms in total. The van der Waals surface area contributed by atoms with Gasteiger partial charge < -0.3 is 16.0 Å². The number of aryl methyl sites for hydroxylation is 1. The number of carbonyl (C=O) groups excluding carboxylic acids is 2. The van der Waals surface area contributed by atoms with Crippen LogP contribution in [-0.4, -0.2) is 33.8 Å². The van der Waals surface area contributed by atoms with E-state index in [0.717, 1.165) is 24.1 Å². The zero-order valence-corrected chi connectivity index (χ0v) is 19.0. The lowest BCUT2D eigenvalue weighted by Gasteiger charge is -2.07. The predicted molar refractivity (Wildman–Crippen MR) is 126 cm³/mol. The molecule has 0 bridgehead atoms. The molecule has 0 aliphatic heterocycles. The van der Waals surface area contributed by atoms with Crippen LogP contribution in [0.5, 0.6) is 0 Å². The molecule has 4 rings (SSSR count). The number of anilines is 3. The van der Waals surface area contributed by atoms with Gasteiger partial charge in [0.05, 0.1) is 5.75 Å². The molecule has 1 fully saturated rings. The fourth-order valence-corrected chi connectivity index (χ4v) is 4.42. The molecule has 1 aliphatic carbocycles. The zero-order valence-electron chi connectivity index (χ0n) is 16.6. The molecule has 0 spiro atoms. The molecule has 1 saturated carbocycles. The number of halogens is 1. The second kappa shape index (κ2) is 9.67. The van der Waals surface area contributed by atoms with E-state index in [1.807, 2.05) is 25.1 Å². The number of benzene rings is 2. The second-order valence-electron chi connectivity index (χ2n) is 7.13. The third kappa shape index (κ3) is 6.19. The van der Waals surface area contributed by atoms with Gasteiger partial charge >= 0.3 is 0 Å². The maximum absolute atomic E-state index is 12.3. The summed E-state index contributed by atoms with van der Waals surface area (Å²) in [5.41, 5.74) is 2.95. The number of aromatic nitrogens is 2. The van der Waals surface area contributed by atoms with E-state index in [4.69, 9.17) is 11.6 Å². The molecule has 1 heterocycles. The molecule has 10 heteroatoms. The zero-order chi connectivity index (χ0) is 21.8. The smallest absolute Gasteiger partial charge is 0.251 e. The lowest BCUT2D eigenvalue weighted by atomic mass is 10.2. The van der Waals surface area contributed by atoms with E-state index in [1.165, 1.54) is 23.1 Å². The van der Waals surface area contributed by atoms with Gasteiger partial charge in [0.25, 0.3) is 5.91 Å². The fraction of sp³-hybridized carbons (Fsp3) is 0.238. The summed E-state index contributed by atoms with van der Waals surface area (Å²) in [7, 11) is 0. The van der Waals surface area contributed by atoms with Crippen molar-refractivity contribution in [3.05, 3.63) is 58.6 Å². The number of thioether (sulfide) groups is 1. The first-order valence-electron chi connectivity index (χ1n) is 9.66. The first-order valence-corrected chi connectivity index (χ1v) is 11.8. The van der Waals surface area contributed by atoms with Crippen LogP contribution < -0.4 is 16.0 Å². The minimum Gasteiger partial charge on any atom is -0.349 e. The van der Waals surface area contributed by atoms with Crippen LogP contribution >= 0.6 is 34.7 Å². The molecule has 3 N–H and O–H groups in total. The molecule has 2 aromatic carbocycles. The highest BCUT2D eigenvalue weighted by Crippen LogP contribution is 2.29. The van der Waals surface area contributed by atoms with Gasteiger partial charge in [0, 0.05) is 28.0 Å². The van der Waals surface area contributed by atoms with Crippen LogP contribution in [0.4, 0.5) is 16.5 Å². The molecule has 0 radical (unpaired) electrons. The van der Waals surface area contributed by atoms with E-state index < -0.39 is 0 Å². The normalized spacial score (nSPS) is 13.0. The van der Waals surface area contributed by atoms with Gasteiger partial charge in [0.2, 0.25) is 11.0 Å². The summed E-state index contributed by atoms with van der Waals surface area (Å²) < 4.78 is 0.674. The summed E-state index contributed by atoms with van der Waals surface area (Å²) in [5.74, 6) is -0.111. The summed E-state index contributed by atoms with van der Waals surface area (Å²) in [6, 6.07) is 12.9. The quantitative estimate of drug-likeness (QED) is 0.404. The van der Waals surface area contributed by atoms with Crippen LogP contribution in [0.2, 0.25) is 5.02 Å². The summed E-state index contributed by atoms with van der Waals surface area (Å²) in [4.78, 5) is 24.5. The molecule has 0 atom stereocenters. The predicted octanol–water partition coefficient (Wildman–Crippen LogP) is 4.87. The third-order valence-corrected chi connectivity index (χ3v) is 6.86. The molecular weight excluding hydrogens is 454 g/mol. The van der Waals surface area contributed by atoms with Gasteiger partial charge in [-0.15, -0.1) is 10.2 Å². The molecule has 0 saturated heterocycles. The Hall–Kier alpha value is -2.62. The minimum absolute atomic E-state index is 0.114. The first kappa shape index (κ1) is 21.6. The number of nitrogens with zero attached hydrogens (tertiary/aromatic N) is 2. The Morgan fingerprint density at radius 2 is 2.00 bits per heavy atom. The molecule has 3 aromatic rings. The maximum atomic E-state index is 12.3. The van der Waals surface area contributed by atoms with Gasteiger partial charge in [-0.25, -0.2) is 0 Å². The van der Waals surface area contributed by atoms with Gasteiger partial charge in [-0.3, -0.25) is 9.59 Å². The number of amides is 2. The third-order valence-electron chi connectivity index (χ3n) is 4.48. The monoisotopic (exact) mass is 473 g/mol. The average Bonchev–Trinajstić information content (AvgIpc) is 3.45. The number of carbonyl (C=O) groups is 2. The minimum atomic E-state index is -0.181. The molecule has 31 heavy (non-hydrogen) atoms. The van der Waals surface area contributed by atoms with Crippen molar-refractivity contribution in [3.8, 4) is 0 Å². The van der Waals surface area contributed by atoms with Crippen molar-refractivity contribution in [3.63, 3.8) is 0 Å². The van der Waals surface area contributed by atoms with Gasteiger partial charge in [0.1, 0.15) is 0 Å². The highest BCUT2D eigenvalue weighted by Gasteiger charge is 2.23. The average molecular weight is 474 g/mol. The Morgan fingerprint density at radius 1 is 1.16 bits per heavy atom. The van der Waals surface area contributed by atoms with Crippen molar-refractivity contribution in [2.75, 3.05) is 16.4 Å². The number of hydrogen-bond acceptors (Lipinski definition) is 7. The van der Waals surface area contributed by atoms with E-state index in [-0.39, 0.29) is 23.6 Å². The molecule has 160 valence electrons. The van der Waals surface area contributed by atoms with Crippen LogP contribution in [-0.2, 0) is 4.79 Å². The standard InChI is InChI=1S/C21H20ClN5O2S2/c1-12-5-6-16(10-17(12)22)25-20-26-27-21(31-20)30-11-18(28)23-15-4-2-3-13(9-15)19(29)24-14-7-8-14/h2-6,9-10,14H,7-8,11H2,1H3,(H,23,28)(H,24,29)(H,25,26). The van der Waals surface area contributed by atoms with Gasteiger partial charge in [-0.05, 0) is 55.7 Å². The van der Waals surface area contributed by atoms with Crippen molar-refractivity contribution >= 4 is 63.0 Å². The maximum Gasteiger partial charge on any atom is 0.251 e. The number of nitrogens with one attached hydrogen (secondary N) is 3. The van der Waals surface area contributed by atoms with Gasteiger partial charge in [0.15, 0.2) is 4.34 Å². The lowest BCUT2D eigenvalue weighted by Crippen LogP contribution is -2.25. The van der Waals surface area contributed by atoms with Crippen molar-refractivity contribution < 1.29 is 9.59 Å². The lowest BCUT2D eigenvalue weighted by molar-refractivity contribution is -0.113. The van der Waals surface area contributed by atoms with Crippen LogP contribution in [0.1, 0.15) is 28.8 Å². The van der Waals surface area contributed by atoms with Crippen molar-refractivity contribution in [2.45, 2.75) is 30.1 Å². The highest BCUT2D eigenvalue weighted by molar-refractivity contribution is 8.01. The molecule has 1 aliphatic rings. The van der Waals surface area contributed by atoms with Crippen molar-refractivity contribution in [1.29, 1.82) is 0 Å². The van der Waals surface area contributed by atoms with Crippen LogP contribution in [0.15, 0.2) is 46.8 Å². The molecule has 0 unspecified atom stereocenters. The number of hydrogen-bond donors (Lipinski definition) is 3. The Labute approximate surface area is 193 Å². The SMILES string of the molecule is Cc1ccc(Nc2nnc(SCC(=O)Nc3cccc(C(=O)NC4CC4)c3)s2)cc1Cl. The summed E-state index contributed by atoms with van der Waals surface area (Å²) >= 11 is 8.80. The molecular formula is C21H20ClN5O2S2. The Balaban J connectivity index is 1.28. The van der Waals surface area contributed by atoms with Gasteiger partial charge in [-0.2, -0.15) is 0 Å². The van der Waals surface area contributed by atoms with E-state index in [9.17, 15) is 9.59 Å². The van der Waals surface area contributed by atoms with Gasteiger partial charge in [-0.1, -0.05) is 46.8 Å². The summed E-state index contributed by atoms with van der Waals surface area (Å²) in [6.07, 6.45) is 2.06.